The van der Waals surface area contributed by atoms with Crippen molar-refractivity contribution < 1.29 is 63.0 Å². The molecule has 41 heavy (non-hydrogen) atoms. The standard InChI is InChI=1S/C28H30O13/c1-12(37-26(35)22(39-14(3)30)21(24(32)33)38-13(2)29)25(34)40-18-8-10-28(36)16-5-4-9-27(28)19-15(11-16)6-7-17(31)20(19)41-23(18)27/h6-8,12,16,21-23,31,36H,4-5,9-11H2,1-3H3,(H,32,33)/t12-,16+,21+,22+,23-,27-,28+/m0/s1. The number of aliphatic carboxylic acids is 1. The molecule has 1 aliphatic heterocycles. The summed E-state index contributed by atoms with van der Waals surface area (Å²) in [7, 11) is 0. The molecule has 1 aromatic carbocycles. The number of rotatable bonds is 8. The predicted octanol–water partition coefficient (Wildman–Crippen LogP) is 1.19. The van der Waals surface area contributed by atoms with Crippen molar-refractivity contribution in [2.75, 3.05) is 0 Å². The maximum atomic E-state index is 13.1. The lowest BCUT2D eigenvalue weighted by atomic mass is 9.47. The van der Waals surface area contributed by atoms with E-state index >= 15 is 0 Å². The number of aromatic hydroxyl groups is 1. The van der Waals surface area contributed by atoms with Crippen LogP contribution in [-0.4, -0.2) is 75.2 Å². The van der Waals surface area contributed by atoms with E-state index in [0.29, 0.717) is 12.8 Å². The number of hydrogen-bond acceptors (Lipinski definition) is 12. The van der Waals surface area contributed by atoms with Gasteiger partial charge in [0.15, 0.2) is 23.7 Å². The first-order valence-electron chi connectivity index (χ1n) is 13.2. The van der Waals surface area contributed by atoms with Crippen LogP contribution in [0.2, 0.25) is 0 Å². The Morgan fingerprint density at radius 1 is 1.02 bits per heavy atom. The van der Waals surface area contributed by atoms with Crippen LogP contribution < -0.4 is 4.74 Å². The van der Waals surface area contributed by atoms with E-state index in [9.17, 15) is 39.3 Å². The van der Waals surface area contributed by atoms with Crippen LogP contribution in [0.1, 0.15) is 57.6 Å². The molecule has 7 atom stereocenters. The van der Waals surface area contributed by atoms with Gasteiger partial charge in [-0.25, -0.2) is 14.4 Å². The minimum atomic E-state index is -2.22. The summed E-state index contributed by atoms with van der Waals surface area (Å²) < 4.78 is 26.3. The molecule has 220 valence electrons. The third kappa shape index (κ3) is 4.39. The summed E-state index contributed by atoms with van der Waals surface area (Å²) >= 11 is 0. The number of hydrogen-bond donors (Lipinski definition) is 3. The van der Waals surface area contributed by atoms with E-state index in [1.54, 1.807) is 12.1 Å². The normalized spacial score (nSPS) is 28.9. The van der Waals surface area contributed by atoms with Crippen LogP contribution in [0.4, 0.5) is 0 Å². The Bertz CT molecular complexity index is 1360. The van der Waals surface area contributed by atoms with Crippen LogP contribution >= 0.6 is 0 Å². The number of carboxylic acids is 1. The van der Waals surface area contributed by atoms with Crippen molar-refractivity contribution in [2.24, 2.45) is 5.92 Å². The second-order valence-corrected chi connectivity index (χ2v) is 10.8. The number of aliphatic hydroxyl groups is 1. The molecule has 0 unspecified atom stereocenters. The topological polar surface area (TPSA) is 192 Å². The summed E-state index contributed by atoms with van der Waals surface area (Å²) in [5.74, 6) is -6.24. The van der Waals surface area contributed by atoms with Gasteiger partial charge in [-0.3, -0.25) is 9.59 Å². The lowest BCUT2D eigenvalue weighted by Crippen LogP contribution is -2.67. The molecular weight excluding hydrogens is 544 g/mol. The molecule has 0 saturated heterocycles. The highest BCUT2D eigenvalue weighted by molar-refractivity contribution is 5.89. The number of carbonyl (C=O) groups excluding carboxylic acids is 4. The first-order valence-corrected chi connectivity index (χ1v) is 13.2. The zero-order valence-electron chi connectivity index (χ0n) is 22.6. The van der Waals surface area contributed by atoms with Gasteiger partial charge < -0.3 is 39.0 Å². The first-order chi connectivity index (χ1) is 19.3. The zero-order chi connectivity index (χ0) is 29.9. The van der Waals surface area contributed by atoms with E-state index in [1.807, 2.05) is 6.07 Å². The van der Waals surface area contributed by atoms with Crippen molar-refractivity contribution >= 4 is 29.8 Å². The van der Waals surface area contributed by atoms with E-state index in [2.05, 4.69) is 4.74 Å². The Kier molecular flexibility index (Phi) is 6.96. The number of ether oxygens (including phenoxy) is 5. The molecule has 1 heterocycles. The second-order valence-electron chi connectivity index (χ2n) is 10.8. The van der Waals surface area contributed by atoms with E-state index < -0.39 is 65.3 Å². The van der Waals surface area contributed by atoms with Gasteiger partial charge in [0, 0.05) is 19.4 Å². The fourth-order valence-electron chi connectivity index (χ4n) is 6.85. The lowest BCUT2D eigenvalue weighted by molar-refractivity contribution is -0.192. The highest BCUT2D eigenvalue weighted by Crippen LogP contribution is 2.67. The van der Waals surface area contributed by atoms with Gasteiger partial charge in [0.2, 0.25) is 12.2 Å². The number of phenols is 1. The van der Waals surface area contributed by atoms with Gasteiger partial charge in [-0.1, -0.05) is 12.5 Å². The average molecular weight is 575 g/mol. The Morgan fingerprint density at radius 3 is 2.37 bits per heavy atom. The third-order valence-corrected chi connectivity index (χ3v) is 8.44. The molecule has 13 heteroatoms. The van der Waals surface area contributed by atoms with Crippen LogP contribution in [0.5, 0.6) is 11.5 Å². The average Bonchev–Trinajstić information content (AvgIpc) is 3.24. The summed E-state index contributed by atoms with van der Waals surface area (Å²) in [6, 6.07) is 3.36. The molecule has 13 nitrogen and oxygen atoms in total. The molecule has 1 fully saturated rings. The van der Waals surface area contributed by atoms with Crippen molar-refractivity contribution in [1.82, 2.24) is 0 Å². The van der Waals surface area contributed by atoms with Gasteiger partial charge in [-0.15, -0.1) is 0 Å². The van der Waals surface area contributed by atoms with Crippen LogP contribution in [0, 0.1) is 5.92 Å². The van der Waals surface area contributed by atoms with Gasteiger partial charge >= 0.3 is 29.8 Å². The Hall–Kier alpha value is -4.13. The highest BCUT2D eigenvalue weighted by Gasteiger charge is 2.71. The number of esters is 4. The van der Waals surface area contributed by atoms with E-state index in [4.69, 9.17) is 18.9 Å². The Morgan fingerprint density at radius 2 is 1.71 bits per heavy atom. The van der Waals surface area contributed by atoms with Gasteiger partial charge in [0.1, 0.15) is 5.76 Å². The zero-order valence-corrected chi connectivity index (χ0v) is 22.6. The lowest BCUT2D eigenvalue weighted by Gasteiger charge is -2.59. The fraction of sp³-hybridized carbons (Fsp3) is 0.536. The molecule has 0 radical (unpaired) electrons. The molecule has 5 rings (SSSR count). The first kappa shape index (κ1) is 28.4. The van der Waals surface area contributed by atoms with Gasteiger partial charge in [0.05, 0.1) is 11.0 Å². The van der Waals surface area contributed by atoms with E-state index in [0.717, 1.165) is 44.7 Å². The van der Waals surface area contributed by atoms with Crippen LogP contribution in [-0.2, 0) is 54.8 Å². The second kappa shape index (κ2) is 10.1. The molecule has 1 spiro atoms. The van der Waals surface area contributed by atoms with Crippen LogP contribution in [0.3, 0.4) is 0 Å². The largest absolute Gasteiger partial charge is 0.504 e. The summed E-state index contributed by atoms with van der Waals surface area (Å²) in [4.78, 5) is 60.4. The van der Waals surface area contributed by atoms with Crippen LogP contribution in [0.25, 0.3) is 0 Å². The van der Waals surface area contributed by atoms with E-state index in [1.165, 1.54) is 0 Å². The maximum absolute atomic E-state index is 13.1. The Labute approximate surface area is 234 Å². The molecular formula is C28H30O13. The fourth-order valence-corrected chi connectivity index (χ4v) is 6.85. The summed E-state index contributed by atoms with van der Waals surface area (Å²) in [6.45, 7) is 2.97. The Balaban J connectivity index is 1.37. The number of carbonyl (C=O) groups is 5. The minimum Gasteiger partial charge on any atom is -0.504 e. The molecule has 2 bridgehead atoms. The van der Waals surface area contributed by atoms with Crippen molar-refractivity contribution in [3.05, 3.63) is 35.1 Å². The summed E-state index contributed by atoms with van der Waals surface area (Å²) in [5.41, 5.74) is -0.463. The number of carboxylic acid groups (broad SMARTS) is 1. The third-order valence-electron chi connectivity index (χ3n) is 8.44. The number of benzene rings is 1. The van der Waals surface area contributed by atoms with Gasteiger partial charge in [-0.2, -0.15) is 0 Å². The molecule has 4 aliphatic rings. The van der Waals surface area contributed by atoms with Crippen molar-refractivity contribution in [2.45, 2.75) is 88.3 Å². The van der Waals surface area contributed by atoms with Crippen molar-refractivity contribution in [1.29, 1.82) is 0 Å². The van der Waals surface area contributed by atoms with Crippen LogP contribution in [0.15, 0.2) is 24.0 Å². The van der Waals surface area contributed by atoms with E-state index in [-0.39, 0.29) is 29.6 Å². The summed E-state index contributed by atoms with van der Waals surface area (Å²) in [5, 5.41) is 32.0. The molecule has 3 N–H and O–H groups in total. The molecule has 1 aromatic rings. The SMILES string of the molecule is CC(=O)O[C@@H](C(=O)O)[C@@H](OC(C)=O)C(=O)O[C@@H](C)C(=O)OC1=CC[C@@]2(O)[C@@H]3CCC[C@@]24c2c(ccc(O)c2O[C@@H]14)C3. The van der Waals surface area contributed by atoms with Crippen molar-refractivity contribution in [3.63, 3.8) is 0 Å². The number of phenolic OH excluding ortho intramolecular Hbond substituents is 1. The minimum absolute atomic E-state index is 0.0589. The summed E-state index contributed by atoms with van der Waals surface area (Å²) in [6.07, 6.45) is -2.48. The maximum Gasteiger partial charge on any atom is 0.352 e. The van der Waals surface area contributed by atoms with Crippen molar-refractivity contribution in [3.8, 4) is 11.5 Å². The quantitative estimate of drug-likeness (QED) is 0.296. The smallest absolute Gasteiger partial charge is 0.352 e. The highest BCUT2D eigenvalue weighted by atomic mass is 16.6. The predicted molar refractivity (Wildman–Crippen MR) is 133 cm³/mol. The monoisotopic (exact) mass is 574 g/mol. The van der Waals surface area contributed by atoms with Gasteiger partial charge in [0.25, 0.3) is 0 Å². The molecule has 1 saturated carbocycles. The van der Waals surface area contributed by atoms with Gasteiger partial charge in [-0.05, 0) is 56.2 Å². The molecule has 3 aliphatic carbocycles. The molecule has 0 amide bonds. The molecule has 0 aromatic heterocycles.